The second-order valence-corrected chi connectivity index (χ2v) is 6.65. The Hall–Kier alpha value is -2.96. The van der Waals surface area contributed by atoms with Crippen LogP contribution >= 0.6 is 0 Å². The third-order valence-corrected chi connectivity index (χ3v) is 5.47. The first-order chi connectivity index (χ1) is 12.9. The SMILES string of the molecule is CCC(CC)(CC)C1=CC=CC(C(=O)Nc2cc(C=N)c(N)cc2N=O)N1. The molecule has 5 N–H and O–H groups in total. The zero-order valence-electron chi connectivity index (χ0n) is 16.0. The minimum Gasteiger partial charge on any atom is -0.398 e. The molecule has 27 heavy (non-hydrogen) atoms. The Kier molecular flexibility index (Phi) is 6.50. The topological polar surface area (TPSA) is 120 Å². The molecule has 1 atom stereocenters. The number of hydrogen-bond donors (Lipinski definition) is 4. The van der Waals surface area contributed by atoms with Crippen molar-refractivity contribution in [2.45, 2.75) is 46.1 Å². The van der Waals surface area contributed by atoms with Gasteiger partial charge in [-0.1, -0.05) is 32.9 Å². The van der Waals surface area contributed by atoms with Crippen molar-refractivity contribution in [3.63, 3.8) is 0 Å². The maximum Gasteiger partial charge on any atom is 0.250 e. The molecule has 1 aliphatic rings. The largest absolute Gasteiger partial charge is 0.398 e. The van der Waals surface area contributed by atoms with Crippen LogP contribution in [0.5, 0.6) is 0 Å². The van der Waals surface area contributed by atoms with Crippen molar-refractivity contribution in [2.24, 2.45) is 10.6 Å². The first-order valence-corrected chi connectivity index (χ1v) is 9.18. The van der Waals surface area contributed by atoms with Crippen LogP contribution < -0.4 is 16.4 Å². The van der Waals surface area contributed by atoms with Crippen LogP contribution in [0.2, 0.25) is 0 Å². The van der Waals surface area contributed by atoms with Crippen LogP contribution in [0.1, 0.15) is 45.6 Å². The van der Waals surface area contributed by atoms with E-state index in [4.69, 9.17) is 11.1 Å². The van der Waals surface area contributed by atoms with Crippen molar-refractivity contribution in [3.05, 3.63) is 46.5 Å². The van der Waals surface area contributed by atoms with Crippen molar-refractivity contribution in [1.29, 1.82) is 5.41 Å². The molecule has 144 valence electrons. The first-order valence-electron chi connectivity index (χ1n) is 9.18. The Morgan fingerprint density at radius 2 is 2.00 bits per heavy atom. The number of nitrogens with zero attached hydrogens (tertiary/aromatic N) is 1. The van der Waals surface area contributed by atoms with E-state index in [-0.39, 0.29) is 28.4 Å². The highest BCUT2D eigenvalue weighted by atomic mass is 16.3. The van der Waals surface area contributed by atoms with E-state index in [0.717, 1.165) is 31.2 Å². The molecule has 1 aromatic carbocycles. The van der Waals surface area contributed by atoms with Gasteiger partial charge in [0.1, 0.15) is 11.7 Å². The molecule has 0 saturated heterocycles. The van der Waals surface area contributed by atoms with Crippen LogP contribution in [0.4, 0.5) is 17.1 Å². The molecule has 1 heterocycles. The second kappa shape index (κ2) is 8.62. The number of amides is 1. The van der Waals surface area contributed by atoms with E-state index >= 15 is 0 Å². The summed E-state index contributed by atoms with van der Waals surface area (Å²) in [7, 11) is 0. The minimum absolute atomic E-state index is 0.00729. The molecule has 1 aliphatic heterocycles. The molecule has 1 amide bonds. The summed E-state index contributed by atoms with van der Waals surface area (Å²) in [6.07, 6.45) is 9.67. The summed E-state index contributed by atoms with van der Waals surface area (Å²) in [5.74, 6) is -0.306. The van der Waals surface area contributed by atoms with Gasteiger partial charge in [-0.05, 0) is 42.6 Å². The highest BCUT2D eigenvalue weighted by Crippen LogP contribution is 2.38. The van der Waals surface area contributed by atoms with Crippen molar-refractivity contribution in [2.75, 3.05) is 11.1 Å². The van der Waals surface area contributed by atoms with E-state index in [1.165, 1.54) is 12.1 Å². The summed E-state index contributed by atoms with van der Waals surface area (Å²) >= 11 is 0. The van der Waals surface area contributed by atoms with Gasteiger partial charge in [0.15, 0.2) is 0 Å². The van der Waals surface area contributed by atoms with Gasteiger partial charge in [0.05, 0.1) is 5.69 Å². The standard InChI is InChI=1S/C20H27N5O2/c1-4-20(5-2,6-3)18-9-7-8-15(23-18)19(26)24-16-10-13(12-21)14(22)11-17(16)25-27/h7-12,15,21,23H,4-6,22H2,1-3H3,(H,24,26). The summed E-state index contributed by atoms with van der Waals surface area (Å²) in [5, 5.41) is 16.4. The fourth-order valence-electron chi connectivity index (χ4n) is 3.46. The number of hydrogen-bond acceptors (Lipinski definition) is 6. The third kappa shape index (κ3) is 4.07. The number of nitroso groups, excluding NO2 is 1. The van der Waals surface area contributed by atoms with Crippen LogP contribution in [0, 0.1) is 15.7 Å². The van der Waals surface area contributed by atoms with Crippen LogP contribution in [-0.2, 0) is 4.79 Å². The number of dihydropyridines is 1. The van der Waals surface area contributed by atoms with Gasteiger partial charge in [0.2, 0.25) is 0 Å². The zero-order chi connectivity index (χ0) is 20.0. The summed E-state index contributed by atoms with van der Waals surface area (Å²) in [6.45, 7) is 6.45. The fourth-order valence-corrected chi connectivity index (χ4v) is 3.46. The summed E-state index contributed by atoms with van der Waals surface area (Å²) in [4.78, 5) is 23.9. The Bertz CT molecular complexity index is 786. The Morgan fingerprint density at radius 1 is 1.33 bits per heavy atom. The van der Waals surface area contributed by atoms with Crippen molar-refractivity contribution >= 4 is 29.2 Å². The molecular formula is C20H27N5O2. The van der Waals surface area contributed by atoms with Crippen molar-refractivity contribution < 1.29 is 4.79 Å². The molecular weight excluding hydrogens is 342 g/mol. The fraction of sp³-hybridized carbons (Fsp3) is 0.400. The Morgan fingerprint density at radius 3 is 2.56 bits per heavy atom. The van der Waals surface area contributed by atoms with Crippen LogP contribution in [0.25, 0.3) is 0 Å². The molecule has 7 nitrogen and oxygen atoms in total. The van der Waals surface area contributed by atoms with Crippen LogP contribution in [0.15, 0.2) is 41.2 Å². The normalized spacial score (nSPS) is 16.3. The predicted octanol–water partition coefficient (Wildman–Crippen LogP) is 4.23. The lowest BCUT2D eigenvalue weighted by Crippen LogP contribution is -2.44. The molecule has 0 spiro atoms. The number of carbonyl (C=O) groups excluding carboxylic acids is 1. The summed E-state index contributed by atoms with van der Waals surface area (Å²) < 4.78 is 0. The van der Waals surface area contributed by atoms with Crippen molar-refractivity contribution in [1.82, 2.24) is 5.32 Å². The first kappa shape index (κ1) is 20.4. The lowest BCUT2D eigenvalue weighted by Gasteiger charge is -2.37. The van der Waals surface area contributed by atoms with E-state index in [9.17, 15) is 9.70 Å². The van der Waals surface area contributed by atoms with Gasteiger partial charge >= 0.3 is 0 Å². The molecule has 0 bridgehead atoms. The molecule has 0 radical (unpaired) electrons. The maximum absolute atomic E-state index is 12.8. The summed E-state index contributed by atoms with van der Waals surface area (Å²) in [5.41, 5.74) is 7.76. The maximum atomic E-state index is 12.8. The molecule has 0 saturated carbocycles. The van der Waals surface area contributed by atoms with E-state index in [1.54, 1.807) is 6.08 Å². The number of allylic oxidation sites excluding steroid dienone is 3. The van der Waals surface area contributed by atoms with Crippen molar-refractivity contribution in [3.8, 4) is 0 Å². The molecule has 0 fully saturated rings. The lowest BCUT2D eigenvalue weighted by molar-refractivity contribution is -0.117. The number of nitrogens with two attached hydrogens (primary N) is 1. The van der Waals surface area contributed by atoms with Crippen LogP contribution in [-0.4, -0.2) is 18.2 Å². The third-order valence-electron chi connectivity index (χ3n) is 5.47. The zero-order valence-corrected chi connectivity index (χ0v) is 16.0. The van der Waals surface area contributed by atoms with Gasteiger partial charge in [-0.2, -0.15) is 0 Å². The predicted molar refractivity (Wildman–Crippen MR) is 110 cm³/mol. The Balaban J connectivity index is 2.23. The number of rotatable bonds is 8. The van der Waals surface area contributed by atoms with E-state index in [1.807, 2.05) is 12.2 Å². The molecule has 0 aliphatic carbocycles. The van der Waals surface area contributed by atoms with Gasteiger partial charge in [-0.15, -0.1) is 4.91 Å². The molecule has 2 rings (SSSR count). The minimum atomic E-state index is -0.561. The number of anilines is 2. The van der Waals surface area contributed by atoms with E-state index in [2.05, 4.69) is 36.6 Å². The summed E-state index contributed by atoms with van der Waals surface area (Å²) in [6, 6.07) is 2.28. The average Bonchev–Trinajstić information content (AvgIpc) is 2.71. The quantitative estimate of drug-likeness (QED) is 0.311. The number of nitrogens with one attached hydrogen (secondary N) is 3. The van der Waals surface area contributed by atoms with Crippen LogP contribution in [0.3, 0.4) is 0 Å². The molecule has 1 unspecified atom stereocenters. The number of carbonyl (C=O) groups is 1. The molecule has 0 aromatic heterocycles. The van der Waals surface area contributed by atoms with E-state index < -0.39 is 6.04 Å². The van der Waals surface area contributed by atoms with Gasteiger partial charge < -0.3 is 21.8 Å². The monoisotopic (exact) mass is 369 g/mol. The van der Waals surface area contributed by atoms with Gasteiger partial charge in [-0.3, -0.25) is 4.79 Å². The smallest absolute Gasteiger partial charge is 0.250 e. The lowest BCUT2D eigenvalue weighted by atomic mass is 9.75. The Labute approximate surface area is 159 Å². The highest BCUT2D eigenvalue weighted by molar-refractivity contribution is 6.01. The van der Waals surface area contributed by atoms with Gasteiger partial charge in [0, 0.05) is 28.6 Å². The second-order valence-electron chi connectivity index (χ2n) is 6.65. The highest BCUT2D eigenvalue weighted by Gasteiger charge is 2.32. The van der Waals surface area contributed by atoms with Gasteiger partial charge in [0.25, 0.3) is 5.91 Å². The number of benzene rings is 1. The van der Waals surface area contributed by atoms with Gasteiger partial charge in [-0.25, -0.2) is 0 Å². The molecule has 7 heteroatoms. The molecule has 1 aromatic rings. The van der Waals surface area contributed by atoms with E-state index in [0.29, 0.717) is 5.56 Å². The average molecular weight is 369 g/mol. The number of nitrogen functional groups attached to an aromatic ring is 1.